The second-order valence-electron chi connectivity index (χ2n) is 9.74. The fourth-order valence-electron chi connectivity index (χ4n) is 3.45. The SMILES string of the molecule is CC(C)CCCCCCCCCCO.CC(C)CCCCCCCCCCO.OP(O)O. The van der Waals surface area contributed by atoms with Crippen LogP contribution in [-0.4, -0.2) is 38.1 Å². The Balaban J connectivity index is -0.000000450. The first-order valence-corrected chi connectivity index (χ1v) is 14.6. The van der Waals surface area contributed by atoms with Crippen molar-refractivity contribution < 1.29 is 24.9 Å². The molecular formula is C26H59O5P. The van der Waals surface area contributed by atoms with Crippen LogP contribution in [0.25, 0.3) is 0 Å². The monoisotopic (exact) mass is 482 g/mol. The van der Waals surface area contributed by atoms with Gasteiger partial charge in [0, 0.05) is 13.2 Å². The van der Waals surface area contributed by atoms with E-state index in [0.717, 1.165) is 24.7 Å². The zero-order valence-electron chi connectivity index (χ0n) is 22.0. The van der Waals surface area contributed by atoms with E-state index in [9.17, 15) is 0 Å². The second-order valence-corrected chi connectivity index (χ2v) is 10.3. The molecule has 0 rings (SSSR count). The van der Waals surface area contributed by atoms with Crippen molar-refractivity contribution in [3.8, 4) is 0 Å². The van der Waals surface area contributed by atoms with Gasteiger partial charge in [-0.05, 0) is 24.7 Å². The molecule has 5 N–H and O–H groups in total. The van der Waals surface area contributed by atoms with Crippen molar-refractivity contribution in [3.05, 3.63) is 0 Å². The maximum atomic E-state index is 8.59. The number of hydrogen-bond donors (Lipinski definition) is 5. The van der Waals surface area contributed by atoms with E-state index in [1.807, 2.05) is 0 Å². The van der Waals surface area contributed by atoms with E-state index in [1.165, 1.54) is 103 Å². The van der Waals surface area contributed by atoms with Crippen LogP contribution in [-0.2, 0) is 0 Å². The van der Waals surface area contributed by atoms with Gasteiger partial charge in [0.1, 0.15) is 0 Å². The lowest BCUT2D eigenvalue weighted by Crippen LogP contribution is -1.87. The molecule has 0 atom stereocenters. The van der Waals surface area contributed by atoms with Gasteiger partial charge in [0.05, 0.1) is 0 Å². The van der Waals surface area contributed by atoms with Crippen molar-refractivity contribution in [2.24, 2.45) is 11.8 Å². The van der Waals surface area contributed by atoms with Crippen molar-refractivity contribution in [2.75, 3.05) is 13.2 Å². The Hall–Kier alpha value is 0.230. The van der Waals surface area contributed by atoms with Crippen molar-refractivity contribution in [1.29, 1.82) is 0 Å². The van der Waals surface area contributed by atoms with Gasteiger partial charge in [0.15, 0.2) is 0 Å². The van der Waals surface area contributed by atoms with Gasteiger partial charge >= 0.3 is 8.60 Å². The van der Waals surface area contributed by atoms with E-state index in [0.29, 0.717) is 13.2 Å². The second kappa shape index (κ2) is 33.4. The van der Waals surface area contributed by atoms with Crippen LogP contribution in [0.4, 0.5) is 0 Å². The molecule has 0 unspecified atom stereocenters. The molecule has 0 aliphatic carbocycles. The lowest BCUT2D eigenvalue weighted by Gasteiger charge is -2.04. The average molecular weight is 483 g/mol. The summed E-state index contributed by atoms with van der Waals surface area (Å²) >= 11 is 0. The van der Waals surface area contributed by atoms with Gasteiger partial charge in [0.25, 0.3) is 0 Å². The molecule has 198 valence electrons. The van der Waals surface area contributed by atoms with E-state index in [1.54, 1.807) is 0 Å². The van der Waals surface area contributed by atoms with E-state index in [-0.39, 0.29) is 0 Å². The smallest absolute Gasteiger partial charge is 0.324 e. The Morgan fingerprint density at radius 3 is 0.781 bits per heavy atom. The number of rotatable bonds is 20. The number of hydrogen-bond acceptors (Lipinski definition) is 5. The van der Waals surface area contributed by atoms with Gasteiger partial charge < -0.3 is 24.9 Å². The average Bonchev–Trinajstić information content (AvgIpc) is 2.71. The number of aliphatic hydroxyl groups excluding tert-OH is 2. The largest absolute Gasteiger partial charge is 0.396 e. The van der Waals surface area contributed by atoms with Crippen LogP contribution in [0.15, 0.2) is 0 Å². The molecule has 0 heterocycles. The summed E-state index contributed by atoms with van der Waals surface area (Å²) in [7, 11) is -2.62. The Bertz CT molecular complexity index is 273. The molecule has 0 aromatic carbocycles. The molecule has 0 aromatic rings. The van der Waals surface area contributed by atoms with E-state index >= 15 is 0 Å². The molecule has 6 heteroatoms. The van der Waals surface area contributed by atoms with Gasteiger partial charge in [-0.3, -0.25) is 0 Å². The van der Waals surface area contributed by atoms with Gasteiger partial charge in [-0.15, -0.1) is 0 Å². The fourth-order valence-corrected chi connectivity index (χ4v) is 3.45. The van der Waals surface area contributed by atoms with Crippen LogP contribution in [0.2, 0.25) is 0 Å². The van der Waals surface area contributed by atoms with Gasteiger partial charge in [-0.25, -0.2) is 0 Å². The summed E-state index contributed by atoms with van der Waals surface area (Å²) in [6.07, 6.45) is 23.8. The molecule has 0 fully saturated rings. The molecule has 0 aliphatic heterocycles. The molecule has 0 radical (unpaired) electrons. The van der Waals surface area contributed by atoms with E-state index < -0.39 is 8.60 Å². The fraction of sp³-hybridized carbons (Fsp3) is 1.00. The first-order chi connectivity index (χ1) is 15.3. The Kier molecular flexibility index (Phi) is 38.4. The summed E-state index contributed by atoms with van der Waals surface area (Å²) in [4.78, 5) is 21.7. The molecule has 0 saturated heterocycles. The molecule has 0 aliphatic rings. The standard InChI is InChI=1S/2C13H28O.H3O3P/c2*1-13(2)11-9-7-5-3-4-6-8-10-12-14;1-4(2)3/h2*13-14H,3-12H2,1-2H3;1-3H. The molecule has 32 heavy (non-hydrogen) atoms. The normalized spacial score (nSPS) is 10.9. The Morgan fingerprint density at radius 2 is 0.594 bits per heavy atom. The predicted octanol–water partition coefficient (Wildman–Crippen LogP) is 7.48. The highest BCUT2D eigenvalue weighted by Gasteiger charge is 1.96. The third-order valence-electron chi connectivity index (χ3n) is 5.38. The molecule has 0 amide bonds. The highest BCUT2D eigenvalue weighted by molar-refractivity contribution is 7.38. The summed E-state index contributed by atoms with van der Waals surface area (Å²) in [5.74, 6) is 1.75. The summed E-state index contributed by atoms with van der Waals surface area (Å²) in [5, 5.41) is 17.2. The maximum absolute atomic E-state index is 8.59. The highest BCUT2D eigenvalue weighted by atomic mass is 31.2. The third-order valence-corrected chi connectivity index (χ3v) is 5.38. The van der Waals surface area contributed by atoms with E-state index in [4.69, 9.17) is 24.9 Å². The minimum absolute atomic E-state index is 0.369. The van der Waals surface area contributed by atoms with E-state index in [2.05, 4.69) is 27.7 Å². The first-order valence-electron chi connectivity index (χ1n) is 13.4. The van der Waals surface area contributed by atoms with Crippen LogP contribution in [0.5, 0.6) is 0 Å². The Morgan fingerprint density at radius 1 is 0.406 bits per heavy atom. The molecule has 5 nitrogen and oxygen atoms in total. The summed E-state index contributed by atoms with van der Waals surface area (Å²) in [6.45, 7) is 9.94. The molecule has 0 spiro atoms. The van der Waals surface area contributed by atoms with Crippen LogP contribution in [0.3, 0.4) is 0 Å². The quantitative estimate of drug-likeness (QED) is 0.0914. The topological polar surface area (TPSA) is 101 Å². The van der Waals surface area contributed by atoms with Crippen LogP contribution in [0.1, 0.15) is 143 Å². The van der Waals surface area contributed by atoms with Crippen LogP contribution >= 0.6 is 8.60 Å². The minimum Gasteiger partial charge on any atom is -0.396 e. The molecule has 0 aromatic heterocycles. The Labute approximate surface area is 202 Å². The van der Waals surface area contributed by atoms with Crippen molar-refractivity contribution in [2.45, 2.75) is 143 Å². The molecular weight excluding hydrogens is 423 g/mol. The lowest BCUT2D eigenvalue weighted by atomic mass is 10.0. The number of unbranched alkanes of at least 4 members (excludes halogenated alkanes) is 14. The van der Waals surface area contributed by atoms with Gasteiger partial charge in [-0.2, -0.15) is 0 Å². The van der Waals surface area contributed by atoms with Crippen LogP contribution in [0, 0.1) is 11.8 Å². The van der Waals surface area contributed by atoms with Gasteiger partial charge in [0.2, 0.25) is 0 Å². The zero-order valence-corrected chi connectivity index (χ0v) is 22.9. The number of aliphatic hydroxyl groups is 2. The summed E-state index contributed by atoms with van der Waals surface area (Å²) < 4.78 is 0. The molecule has 0 saturated carbocycles. The molecule has 0 bridgehead atoms. The predicted molar refractivity (Wildman–Crippen MR) is 141 cm³/mol. The van der Waals surface area contributed by atoms with Crippen molar-refractivity contribution in [3.63, 3.8) is 0 Å². The minimum atomic E-state index is -2.62. The summed E-state index contributed by atoms with van der Waals surface area (Å²) in [6, 6.07) is 0. The van der Waals surface area contributed by atoms with Gasteiger partial charge in [-0.1, -0.05) is 130 Å². The highest BCUT2D eigenvalue weighted by Crippen LogP contribution is 2.13. The van der Waals surface area contributed by atoms with Crippen LogP contribution < -0.4 is 0 Å². The summed E-state index contributed by atoms with van der Waals surface area (Å²) in [5.41, 5.74) is 0. The van der Waals surface area contributed by atoms with Crippen molar-refractivity contribution in [1.82, 2.24) is 0 Å². The van der Waals surface area contributed by atoms with Crippen molar-refractivity contribution >= 4 is 8.60 Å². The third kappa shape index (κ3) is 52.3. The zero-order chi connectivity index (χ0) is 24.9. The first kappa shape index (κ1) is 36.8. The lowest BCUT2D eigenvalue weighted by molar-refractivity contribution is 0.282. The maximum Gasteiger partial charge on any atom is 0.324 e.